The van der Waals surface area contributed by atoms with Crippen LogP contribution in [0.5, 0.6) is 0 Å². The number of morpholine rings is 1. The third-order valence-corrected chi connectivity index (χ3v) is 4.19. The highest BCUT2D eigenvalue weighted by Crippen LogP contribution is 2.33. The Kier molecular flexibility index (Phi) is 3.89. The fraction of sp³-hybridized carbons (Fsp3) is 0.562. The molecule has 0 spiro atoms. The van der Waals surface area contributed by atoms with Crippen molar-refractivity contribution in [1.82, 2.24) is 4.90 Å². The van der Waals surface area contributed by atoms with Crippen LogP contribution >= 0.6 is 0 Å². The summed E-state index contributed by atoms with van der Waals surface area (Å²) in [7, 11) is 0. The van der Waals surface area contributed by atoms with Crippen LogP contribution in [0.3, 0.4) is 0 Å². The molecule has 1 fully saturated rings. The van der Waals surface area contributed by atoms with Crippen molar-refractivity contribution >= 4 is 5.91 Å². The summed E-state index contributed by atoms with van der Waals surface area (Å²) in [5.74, 6) is -0.0870. The van der Waals surface area contributed by atoms with Gasteiger partial charge < -0.3 is 14.7 Å². The molecular weight excluding hydrogens is 254 g/mol. The number of aliphatic hydroxyl groups excluding tert-OH is 1. The zero-order valence-electron chi connectivity index (χ0n) is 12.6. The number of hydrogen-bond acceptors (Lipinski definition) is 3. The summed E-state index contributed by atoms with van der Waals surface area (Å²) < 4.78 is 5.67. The highest BCUT2D eigenvalue weighted by atomic mass is 16.5. The molecule has 1 aromatic rings. The van der Waals surface area contributed by atoms with Crippen LogP contribution in [0.2, 0.25) is 0 Å². The summed E-state index contributed by atoms with van der Waals surface area (Å²) in [4.78, 5) is 14.4. The predicted octanol–water partition coefficient (Wildman–Crippen LogP) is 1.96. The molecule has 0 saturated carbocycles. The van der Waals surface area contributed by atoms with Gasteiger partial charge in [-0.1, -0.05) is 30.3 Å². The number of rotatable bonds is 3. The van der Waals surface area contributed by atoms with E-state index in [1.807, 2.05) is 37.3 Å². The molecule has 0 radical (unpaired) electrons. The number of benzene rings is 1. The molecule has 4 heteroatoms. The predicted molar refractivity (Wildman–Crippen MR) is 77.1 cm³/mol. The van der Waals surface area contributed by atoms with E-state index < -0.39 is 17.2 Å². The number of ether oxygens (including phenoxy) is 1. The van der Waals surface area contributed by atoms with E-state index in [1.54, 1.807) is 25.7 Å². The monoisotopic (exact) mass is 277 g/mol. The average Bonchev–Trinajstić information content (AvgIpc) is 2.41. The number of amides is 1. The Hall–Kier alpha value is -1.39. The Morgan fingerprint density at radius 3 is 2.45 bits per heavy atom. The molecule has 2 rings (SSSR count). The lowest BCUT2D eigenvalue weighted by Gasteiger charge is -2.51. The molecule has 1 heterocycles. The van der Waals surface area contributed by atoms with Gasteiger partial charge in [-0.05, 0) is 33.3 Å². The zero-order valence-corrected chi connectivity index (χ0v) is 12.6. The lowest BCUT2D eigenvalue weighted by Crippen LogP contribution is -2.67. The number of hydrogen-bond donors (Lipinski definition) is 1. The second kappa shape index (κ2) is 5.19. The summed E-state index contributed by atoms with van der Waals surface area (Å²) in [5, 5.41) is 10.1. The van der Waals surface area contributed by atoms with Crippen LogP contribution in [-0.4, -0.2) is 39.8 Å². The average molecular weight is 277 g/mol. The third kappa shape index (κ3) is 2.58. The molecular formula is C16H23NO3. The summed E-state index contributed by atoms with van der Waals surface area (Å²) in [6.45, 7) is 7.93. The van der Waals surface area contributed by atoms with E-state index in [-0.39, 0.29) is 5.91 Å². The summed E-state index contributed by atoms with van der Waals surface area (Å²) in [5.41, 5.74) is -0.503. The maximum atomic E-state index is 12.7. The van der Waals surface area contributed by atoms with E-state index in [2.05, 4.69) is 0 Å². The Bertz CT molecular complexity index is 484. The van der Waals surface area contributed by atoms with Gasteiger partial charge in [0, 0.05) is 6.54 Å². The molecule has 20 heavy (non-hydrogen) atoms. The molecule has 0 aliphatic carbocycles. The second-order valence-corrected chi connectivity index (χ2v) is 6.21. The Morgan fingerprint density at radius 1 is 1.30 bits per heavy atom. The van der Waals surface area contributed by atoms with Gasteiger partial charge in [-0.15, -0.1) is 0 Å². The highest BCUT2D eigenvalue weighted by molar-refractivity contribution is 5.86. The minimum atomic E-state index is -0.844. The zero-order chi connectivity index (χ0) is 15.0. The molecule has 2 unspecified atom stereocenters. The van der Waals surface area contributed by atoms with Crippen LogP contribution in [0, 0.1) is 0 Å². The first kappa shape index (κ1) is 15.0. The van der Waals surface area contributed by atoms with Gasteiger partial charge in [-0.25, -0.2) is 0 Å². The van der Waals surface area contributed by atoms with Gasteiger partial charge in [0.2, 0.25) is 0 Å². The molecule has 1 N–H and O–H groups in total. The second-order valence-electron chi connectivity index (χ2n) is 6.21. The molecule has 1 amide bonds. The lowest BCUT2D eigenvalue weighted by atomic mass is 9.88. The maximum absolute atomic E-state index is 12.7. The van der Waals surface area contributed by atoms with E-state index in [0.717, 1.165) is 5.56 Å². The van der Waals surface area contributed by atoms with Crippen molar-refractivity contribution in [2.75, 3.05) is 6.61 Å². The Balaban J connectivity index is 2.34. The number of carbonyl (C=O) groups is 1. The fourth-order valence-electron chi connectivity index (χ4n) is 2.39. The van der Waals surface area contributed by atoms with Gasteiger partial charge in [0.05, 0.1) is 18.2 Å². The van der Waals surface area contributed by atoms with Crippen LogP contribution in [0.15, 0.2) is 30.3 Å². The van der Waals surface area contributed by atoms with E-state index in [4.69, 9.17) is 4.74 Å². The SMILES string of the molecule is CC(O)C1(C)COC(C)(C)C(=O)N1Cc1ccccc1. The van der Waals surface area contributed by atoms with Crippen LogP contribution < -0.4 is 0 Å². The van der Waals surface area contributed by atoms with Gasteiger partial charge >= 0.3 is 0 Å². The van der Waals surface area contributed by atoms with E-state index in [0.29, 0.717) is 13.2 Å². The molecule has 1 aromatic carbocycles. The van der Waals surface area contributed by atoms with Gasteiger partial charge in [0.1, 0.15) is 5.60 Å². The van der Waals surface area contributed by atoms with Gasteiger partial charge in [-0.2, -0.15) is 0 Å². The van der Waals surface area contributed by atoms with Crippen LogP contribution in [0.25, 0.3) is 0 Å². The number of nitrogens with zero attached hydrogens (tertiary/aromatic N) is 1. The summed E-state index contributed by atoms with van der Waals surface area (Å²) >= 11 is 0. The molecule has 4 nitrogen and oxygen atoms in total. The van der Waals surface area contributed by atoms with Crippen molar-refractivity contribution in [3.63, 3.8) is 0 Å². The smallest absolute Gasteiger partial charge is 0.255 e. The largest absolute Gasteiger partial charge is 0.391 e. The molecule has 1 aliphatic heterocycles. The minimum absolute atomic E-state index is 0.0870. The van der Waals surface area contributed by atoms with Gasteiger partial charge in [0.15, 0.2) is 0 Å². The molecule has 1 saturated heterocycles. The van der Waals surface area contributed by atoms with Crippen molar-refractivity contribution < 1.29 is 14.6 Å². The van der Waals surface area contributed by atoms with Gasteiger partial charge in [-0.3, -0.25) is 4.79 Å². The summed E-state index contributed by atoms with van der Waals surface area (Å²) in [6.07, 6.45) is -0.661. The standard InChI is InChI=1S/C16H23NO3/c1-12(18)16(4)11-20-15(2,3)14(19)17(16)10-13-8-6-5-7-9-13/h5-9,12,18H,10-11H2,1-4H3. The van der Waals surface area contributed by atoms with Crippen LogP contribution in [0.1, 0.15) is 33.3 Å². The first-order valence-corrected chi connectivity index (χ1v) is 6.95. The topological polar surface area (TPSA) is 49.8 Å². The normalized spacial score (nSPS) is 27.4. The van der Waals surface area contributed by atoms with E-state index in [1.165, 1.54) is 0 Å². The Morgan fingerprint density at radius 2 is 1.90 bits per heavy atom. The van der Waals surface area contributed by atoms with Crippen molar-refractivity contribution in [1.29, 1.82) is 0 Å². The highest BCUT2D eigenvalue weighted by Gasteiger charge is 2.50. The molecule has 1 aliphatic rings. The van der Waals surface area contributed by atoms with Crippen molar-refractivity contribution in [3.05, 3.63) is 35.9 Å². The molecule has 0 bridgehead atoms. The lowest BCUT2D eigenvalue weighted by molar-refractivity contribution is -0.198. The quantitative estimate of drug-likeness (QED) is 0.919. The van der Waals surface area contributed by atoms with Crippen LogP contribution in [-0.2, 0) is 16.1 Å². The molecule has 2 atom stereocenters. The minimum Gasteiger partial charge on any atom is -0.391 e. The van der Waals surface area contributed by atoms with Crippen molar-refractivity contribution in [2.45, 2.75) is 51.5 Å². The van der Waals surface area contributed by atoms with Gasteiger partial charge in [0.25, 0.3) is 5.91 Å². The number of carbonyl (C=O) groups excluding carboxylic acids is 1. The van der Waals surface area contributed by atoms with E-state index >= 15 is 0 Å². The Labute approximate surface area is 120 Å². The van der Waals surface area contributed by atoms with Crippen molar-refractivity contribution in [2.24, 2.45) is 0 Å². The first-order chi connectivity index (χ1) is 9.27. The number of aliphatic hydroxyl groups is 1. The maximum Gasteiger partial charge on any atom is 0.255 e. The third-order valence-electron chi connectivity index (χ3n) is 4.19. The van der Waals surface area contributed by atoms with Crippen molar-refractivity contribution in [3.8, 4) is 0 Å². The van der Waals surface area contributed by atoms with Crippen LogP contribution in [0.4, 0.5) is 0 Å². The fourth-order valence-corrected chi connectivity index (χ4v) is 2.39. The molecule has 0 aromatic heterocycles. The first-order valence-electron chi connectivity index (χ1n) is 6.95. The van der Waals surface area contributed by atoms with E-state index in [9.17, 15) is 9.90 Å². The summed E-state index contributed by atoms with van der Waals surface area (Å²) in [6, 6.07) is 9.81. The molecule has 110 valence electrons.